The fraction of sp³-hybridized carbons (Fsp3) is 0.118. The van der Waals surface area contributed by atoms with Gasteiger partial charge in [-0.05, 0) is 36.2 Å². The highest BCUT2D eigenvalue weighted by Gasteiger charge is 2.25. The van der Waals surface area contributed by atoms with Crippen molar-refractivity contribution in [1.82, 2.24) is 0 Å². The lowest BCUT2D eigenvalue weighted by molar-refractivity contribution is 0.104. The van der Waals surface area contributed by atoms with Crippen LogP contribution in [-0.2, 0) is 0 Å². The van der Waals surface area contributed by atoms with Gasteiger partial charge in [-0.15, -0.1) is 11.8 Å². The Labute approximate surface area is 126 Å². The van der Waals surface area contributed by atoms with Gasteiger partial charge in [-0.2, -0.15) is 0 Å². The first-order chi connectivity index (χ1) is 10.1. The third-order valence-electron chi connectivity index (χ3n) is 3.36. The molecule has 1 atom stereocenters. The molecule has 3 nitrogen and oxygen atoms in total. The van der Waals surface area contributed by atoms with Gasteiger partial charge < -0.3 is 10.2 Å². The number of aromatic hydroxyl groups is 2. The van der Waals surface area contributed by atoms with Gasteiger partial charge in [0.2, 0.25) is 0 Å². The lowest BCUT2D eigenvalue weighted by atomic mass is 10.1. The summed E-state index contributed by atoms with van der Waals surface area (Å²) in [5.74, 6) is 0.258. The zero-order valence-corrected chi connectivity index (χ0v) is 12.0. The molecule has 0 aromatic heterocycles. The molecule has 0 fully saturated rings. The summed E-state index contributed by atoms with van der Waals surface area (Å²) in [6.45, 7) is 0. The van der Waals surface area contributed by atoms with E-state index in [2.05, 4.69) is 0 Å². The molecule has 1 heterocycles. The second-order valence-electron chi connectivity index (χ2n) is 4.89. The number of rotatable bonds is 3. The van der Waals surface area contributed by atoms with E-state index in [1.54, 1.807) is 36.4 Å². The first kappa shape index (κ1) is 13.8. The quantitative estimate of drug-likeness (QED) is 0.840. The van der Waals surface area contributed by atoms with Gasteiger partial charge in [0.1, 0.15) is 11.5 Å². The largest absolute Gasteiger partial charge is 0.508 e. The number of thioether (sulfide) groups is 1. The van der Waals surface area contributed by atoms with Crippen LogP contribution in [0.25, 0.3) is 0 Å². The van der Waals surface area contributed by atoms with Crippen LogP contribution in [0.15, 0.2) is 59.5 Å². The standard InChI is InChI=1S/C17H14O3S/c18-13-5-1-3-11(9-13)15-7-8-16(21-15)17(20)12-4-2-6-14(19)10-12/h1-6,8-10,15,18-19H,7H2. The lowest BCUT2D eigenvalue weighted by Gasteiger charge is -2.10. The number of phenols is 2. The maximum absolute atomic E-state index is 12.4. The first-order valence-electron chi connectivity index (χ1n) is 6.63. The maximum atomic E-state index is 12.4. The molecule has 2 aromatic rings. The van der Waals surface area contributed by atoms with Crippen molar-refractivity contribution in [3.8, 4) is 11.5 Å². The molecule has 0 radical (unpaired) electrons. The maximum Gasteiger partial charge on any atom is 0.199 e. The Morgan fingerprint density at radius 2 is 1.76 bits per heavy atom. The van der Waals surface area contributed by atoms with E-state index < -0.39 is 0 Å². The SMILES string of the molecule is O=C(C1=CCC(c2cccc(O)c2)S1)c1cccc(O)c1. The van der Waals surface area contributed by atoms with Gasteiger partial charge >= 0.3 is 0 Å². The first-order valence-corrected chi connectivity index (χ1v) is 7.51. The molecule has 1 aliphatic rings. The number of carbonyl (C=O) groups is 1. The van der Waals surface area contributed by atoms with E-state index in [0.717, 1.165) is 12.0 Å². The van der Waals surface area contributed by atoms with Gasteiger partial charge in [0.15, 0.2) is 5.78 Å². The van der Waals surface area contributed by atoms with Crippen LogP contribution in [0, 0.1) is 0 Å². The van der Waals surface area contributed by atoms with Crippen molar-refractivity contribution in [1.29, 1.82) is 0 Å². The molecule has 21 heavy (non-hydrogen) atoms. The van der Waals surface area contributed by atoms with Crippen LogP contribution in [0.5, 0.6) is 11.5 Å². The van der Waals surface area contributed by atoms with E-state index >= 15 is 0 Å². The molecule has 3 rings (SSSR count). The van der Waals surface area contributed by atoms with Crippen molar-refractivity contribution < 1.29 is 15.0 Å². The molecule has 0 spiro atoms. The van der Waals surface area contributed by atoms with Crippen LogP contribution in [0.4, 0.5) is 0 Å². The van der Waals surface area contributed by atoms with Gasteiger partial charge in [0.25, 0.3) is 0 Å². The van der Waals surface area contributed by atoms with Crippen LogP contribution < -0.4 is 0 Å². The fourth-order valence-electron chi connectivity index (χ4n) is 2.33. The highest BCUT2D eigenvalue weighted by molar-refractivity contribution is 8.04. The Kier molecular flexibility index (Phi) is 3.71. The van der Waals surface area contributed by atoms with E-state index in [1.165, 1.54) is 17.8 Å². The Morgan fingerprint density at radius 3 is 2.48 bits per heavy atom. The van der Waals surface area contributed by atoms with Gasteiger partial charge in [-0.25, -0.2) is 0 Å². The number of hydrogen-bond acceptors (Lipinski definition) is 4. The predicted octanol–water partition coefficient (Wildman–Crippen LogP) is 4.04. The Bertz CT molecular complexity index is 721. The summed E-state index contributed by atoms with van der Waals surface area (Å²) in [6.07, 6.45) is 2.68. The van der Waals surface area contributed by atoms with E-state index in [0.29, 0.717) is 10.5 Å². The summed E-state index contributed by atoms with van der Waals surface area (Å²) in [5, 5.41) is 19.1. The van der Waals surface area contributed by atoms with Crippen molar-refractivity contribution >= 4 is 17.5 Å². The molecule has 0 saturated heterocycles. The highest BCUT2D eigenvalue weighted by atomic mass is 32.2. The molecule has 0 aliphatic carbocycles. The smallest absolute Gasteiger partial charge is 0.199 e. The molecule has 2 aromatic carbocycles. The summed E-state index contributed by atoms with van der Waals surface area (Å²) < 4.78 is 0. The summed E-state index contributed by atoms with van der Waals surface area (Å²) in [5.41, 5.74) is 1.50. The van der Waals surface area contributed by atoms with E-state index in [4.69, 9.17) is 0 Å². The van der Waals surface area contributed by atoms with Crippen LogP contribution in [0.1, 0.15) is 27.6 Å². The Balaban J connectivity index is 1.76. The number of hydrogen-bond donors (Lipinski definition) is 2. The van der Waals surface area contributed by atoms with Crippen LogP contribution in [0.3, 0.4) is 0 Å². The van der Waals surface area contributed by atoms with Gasteiger partial charge in [-0.1, -0.05) is 30.3 Å². The molecule has 1 unspecified atom stereocenters. The van der Waals surface area contributed by atoms with Crippen LogP contribution >= 0.6 is 11.8 Å². The molecule has 1 aliphatic heterocycles. The molecule has 0 bridgehead atoms. The third kappa shape index (κ3) is 2.95. The highest BCUT2D eigenvalue weighted by Crippen LogP contribution is 2.45. The second-order valence-corrected chi connectivity index (χ2v) is 6.13. The topological polar surface area (TPSA) is 57.5 Å². The number of carbonyl (C=O) groups excluding carboxylic acids is 1. The van der Waals surface area contributed by atoms with Crippen LogP contribution in [0.2, 0.25) is 0 Å². The molecule has 0 saturated carbocycles. The summed E-state index contributed by atoms with van der Waals surface area (Å²) >= 11 is 1.50. The van der Waals surface area contributed by atoms with Crippen LogP contribution in [-0.4, -0.2) is 16.0 Å². The minimum atomic E-state index is -0.0708. The van der Waals surface area contributed by atoms with Crippen molar-refractivity contribution in [2.45, 2.75) is 11.7 Å². The second kappa shape index (κ2) is 5.66. The number of allylic oxidation sites excluding steroid dienone is 2. The van der Waals surface area contributed by atoms with Gasteiger partial charge in [-0.3, -0.25) is 4.79 Å². The van der Waals surface area contributed by atoms with Crippen molar-refractivity contribution in [3.05, 3.63) is 70.6 Å². The molecule has 0 amide bonds. The molecule has 2 N–H and O–H groups in total. The number of benzene rings is 2. The van der Waals surface area contributed by atoms with Crippen molar-refractivity contribution in [2.75, 3.05) is 0 Å². The summed E-state index contributed by atoms with van der Waals surface area (Å²) in [4.78, 5) is 13.1. The zero-order chi connectivity index (χ0) is 14.8. The number of phenolic OH excluding ortho intramolecular Hbond substituents is 2. The Morgan fingerprint density at radius 1 is 1.05 bits per heavy atom. The molecule has 4 heteroatoms. The normalized spacial score (nSPS) is 17.5. The fourth-order valence-corrected chi connectivity index (χ4v) is 3.53. The minimum Gasteiger partial charge on any atom is -0.508 e. The minimum absolute atomic E-state index is 0.0708. The van der Waals surface area contributed by atoms with Gasteiger partial charge in [0.05, 0.1) is 4.91 Å². The molecular weight excluding hydrogens is 284 g/mol. The number of Topliss-reactive ketones (excluding diaryl/α,β-unsaturated/α-hetero) is 1. The van der Waals surface area contributed by atoms with E-state index in [-0.39, 0.29) is 22.5 Å². The van der Waals surface area contributed by atoms with Crippen molar-refractivity contribution in [3.63, 3.8) is 0 Å². The van der Waals surface area contributed by atoms with E-state index in [1.807, 2.05) is 12.1 Å². The Hall–Kier alpha value is -2.20. The predicted molar refractivity (Wildman–Crippen MR) is 83.6 cm³/mol. The average molecular weight is 298 g/mol. The average Bonchev–Trinajstić information content (AvgIpc) is 2.96. The monoisotopic (exact) mass is 298 g/mol. The zero-order valence-electron chi connectivity index (χ0n) is 11.2. The summed E-state index contributed by atoms with van der Waals surface area (Å²) in [7, 11) is 0. The molecule has 106 valence electrons. The van der Waals surface area contributed by atoms with E-state index in [9.17, 15) is 15.0 Å². The van der Waals surface area contributed by atoms with Crippen molar-refractivity contribution in [2.24, 2.45) is 0 Å². The lowest BCUT2D eigenvalue weighted by Crippen LogP contribution is -1.99. The molecular formula is C17H14O3S. The third-order valence-corrected chi connectivity index (χ3v) is 4.72. The van der Waals surface area contributed by atoms with Gasteiger partial charge in [0, 0.05) is 10.8 Å². The number of ketones is 1. The summed E-state index contributed by atoms with van der Waals surface area (Å²) in [6, 6.07) is 13.5.